The van der Waals surface area contributed by atoms with Crippen LogP contribution < -0.4 is 21.3 Å². The minimum atomic E-state index is -0.292. The molecule has 1 atom stereocenters. The monoisotopic (exact) mass is 458 g/mol. The summed E-state index contributed by atoms with van der Waals surface area (Å²) in [6.07, 6.45) is 5.11. The van der Waals surface area contributed by atoms with Crippen molar-refractivity contribution in [3.05, 3.63) is 77.6 Å². The Balaban J connectivity index is 1.32. The number of carbonyl (C=O) groups is 2. The Hall–Kier alpha value is -3.94. The summed E-state index contributed by atoms with van der Waals surface area (Å²) in [7, 11) is 0. The molecule has 1 aliphatic rings. The molecule has 1 aliphatic heterocycles. The van der Waals surface area contributed by atoms with Crippen LogP contribution in [0.4, 0.5) is 17.3 Å². The molecule has 0 bridgehead atoms. The standard InChI is InChI=1S/C26H30N6O2/c1-17(30-18(2)33)19-7-9-20(10-8-19)21-11-13-32(14-12-21)26-28-15-22(16-29-26)25(34)31-24-6-4-3-5-23(24)27/h3-10,15-17,21H,11-14,27H2,1-2H3,(H,30,33)(H,31,34)/t17-/m0/s1. The number of hydrogen-bond acceptors (Lipinski definition) is 6. The van der Waals surface area contributed by atoms with Crippen molar-refractivity contribution in [2.75, 3.05) is 29.0 Å². The van der Waals surface area contributed by atoms with Gasteiger partial charge in [-0.15, -0.1) is 0 Å². The Labute approximate surface area is 199 Å². The molecule has 176 valence electrons. The highest BCUT2D eigenvalue weighted by molar-refractivity contribution is 6.05. The molecule has 4 N–H and O–H groups in total. The number of anilines is 3. The van der Waals surface area contributed by atoms with E-state index in [1.165, 1.54) is 12.5 Å². The maximum absolute atomic E-state index is 12.5. The topological polar surface area (TPSA) is 113 Å². The van der Waals surface area contributed by atoms with Gasteiger partial charge in [-0.25, -0.2) is 9.97 Å². The van der Waals surface area contributed by atoms with Crippen molar-refractivity contribution in [2.45, 2.75) is 38.6 Å². The van der Waals surface area contributed by atoms with Crippen molar-refractivity contribution < 1.29 is 9.59 Å². The van der Waals surface area contributed by atoms with Crippen molar-refractivity contribution >= 4 is 29.1 Å². The minimum absolute atomic E-state index is 0.000601. The number of nitrogens with two attached hydrogens (primary N) is 1. The van der Waals surface area contributed by atoms with Gasteiger partial charge in [-0.05, 0) is 48.9 Å². The molecule has 8 heteroatoms. The van der Waals surface area contributed by atoms with E-state index in [0.717, 1.165) is 31.5 Å². The Kier molecular flexibility index (Phi) is 7.06. The van der Waals surface area contributed by atoms with E-state index in [1.54, 1.807) is 24.5 Å². The Morgan fingerprint density at radius 3 is 2.29 bits per heavy atom. The second-order valence-electron chi connectivity index (χ2n) is 8.66. The molecule has 0 radical (unpaired) electrons. The zero-order valence-electron chi connectivity index (χ0n) is 19.5. The van der Waals surface area contributed by atoms with Gasteiger partial charge < -0.3 is 21.3 Å². The third-order valence-electron chi connectivity index (χ3n) is 6.21. The van der Waals surface area contributed by atoms with Gasteiger partial charge in [0.15, 0.2) is 0 Å². The summed E-state index contributed by atoms with van der Waals surface area (Å²) in [5.74, 6) is 0.789. The molecule has 34 heavy (non-hydrogen) atoms. The summed E-state index contributed by atoms with van der Waals surface area (Å²) >= 11 is 0. The number of aromatic nitrogens is 2. The summed E-state index contributed by atoms with van der Waals surface area (Å²) < 4.78 is 0. The Morgan fingerprint density at radius 2 is 1.68 bits per heavy atom. The van der Waals surface area contributed by atoms with E-state index in [0.29, 0.717) is 28.8 Å². The first-order valence-corrected chi connectivity index (χ1v) is 11.5. The van der Waals surface area contributed by atoms with E-state index in [2.05, 4.69) is 49.8 Å². The molecule has 1 saturated heterocycles. The lowest BCUT2D eigenvalue weighted by molar-refractivity contribution is -0.119. The average Bonchev–Trinajstić information content (AvgIpc) is 2.85. The summed E-state index contributed by atoms with van der Waals surface area (Å²) in [6.45, 7) is 5.22. The van der Waals surface area contributed by atoms with Crippen LogP contribution >= 0.6 is 0 Å². The summed E-state index contributed by atoms with van der Waals surface area (Å²) in [5, 5.41) is 5.71. The van der Waals surface area contributed by atoms with Crippen LogP contribution in [0.3, 0.4) is 0 Å². The Morgan fingerprint density at radius 1 is 1.03 bits per heavy atom. The number of piperidine rings is 1. The summed E-state index contributed by atoms with van der Waals surface area (Å²) in [6, 6.07) is 15.6. The number of nitrogen functional groups attached to an aromatic ring is 1. The Bertz CT molecular complexity index is 1140. The molecular formula is C26H30N6O2. The third-order valence-corrected chi connectivity index (χ3v) is 6.21. The van der Waals surface area contributed by atoms with Gasteiger partial charge in [0.05, 0.1) is 23.0 Å². The maximum atomic E-state index is 12.5. The van der Waals surface area contributed by atoms with Crippen LogP contribution in [-0.2, 0) is 4.79 Å². The number of rotatable bonds is 6. The molecule has 1 aromatic heterocycles. The summed E-state index contributed by atoms with van der Waals surface area (Å²) in [4.78, 5) is 34.8. The van der Waals surface area contributed by atoms with Crippen molar-refractivity contribution in [3.8, 4) is 0 Å². The van der Waals surface area contributed by atoms with E-state index in [1.807, 2.05) is 19.1 Å². The lowest BCUT2D eigenvalue weighted by atomic mass is 9.88. The number of nitrogens with zero attached hydrogens (tertiary/aromatic N) is 3. The zero-order valence-corrected chi connectivity index (χ0v) is 19.5. The van der Waals surface area contributed by atoms with Crippen LogP contribution in [-0.4, -0.2) is 34.9 Å². The SMILES string of the molecule is CC(=O)N[C@@H](C)c1ccc(C2CCN(c3ncc(C(=O)Nc4ccccc4N)cn3)CC2)cc1. The fourth-order valence-electron chi connectivity index (χ4n) is 4.27. The highest BCUT2D eigenvalue weighted by atomic mass is 16.2. The average molecular weight is 459 g/mol. The number of hydrogen-bond donors (Lipinski definition) is 3. The number of carbonyl (C=O) groups excluding carboxylic acids is 2. The van der Waals surface area contributed by atoms with Gasteiger partial charge in [-0.2, -0.15) is 0 Å². The first kappa shape index (κ1) is 23.2. The predicted octanol–water partition coefficient (Wildman–Crippen LogP) is 3.89. The first-order chi connectivity index (χ1) is 16.4. The molecule has 2 aromatic carbocycles. The fraction of sp³-hybridized carbons (Fsp3) is 0.308. The van der Waals surface area contributed by atoms with Gasteiger partial charge in [-0.3, -0.25) is 9.59 Å². The number of para-hydroxylation sites is 2. The maximum Gasteiger partial charge on any atom is 0.258 e. The van der Waals surface area contributed by atoms with Gasteiger partial charge >= 0.3 is 0 Å². The highest BCUT2D eigenvalue weighted by Gasteiger charge is 2.23. The van der Waals surface area contributed by atoms with Crippen LogP contribution in [0.25, 0.3) is 0 Å². The predicted molar refractivity (Wildman–Crippen MR) is 134 cm³/mol. The molecule has 0 spiro atoms. The number of nitrogens with one attached hydrogen (secondary N) is 2. The highest BCUT2D eigenvalue weighted by Crippen LogP contribution is 2.30. The number of benzene rings is 2. The van der Waals surface area contributed by atoms with Gasteiger partial charge in [0.1, 0.15) is 0 Å². The molecular weight excluding hydrogens is 428 g/mol. The minimum Gasteiger partial charge on any atom is -0.397 e. The van der Waals surface area contributed by atoms with E-state index in [-0.39, 0.29) is 17.9 Å². The van der Waals surface area contributed by atoms with Crippen LogP contribution in [0.5, 0.6) is 0 Å². The summed E-state index contributed by atoms with van der Waals surface area (Å²) in [5.41, 5.74) is 9.76. The quantitative estimate of drug-likeness (QED) is 0.483. The second kappa shape index (κ2) is 10.3. The number of amides is 2. The van der Waals surface area contributed by atoms with Gasteiger partial charge in [0.2, 0.25) is 11.9 Å². The molecule has 8 nitrogen and oxygen atoms in total. The third kappa shape index (κ3) is 5.51. The second-order valence-corrected chi connectivity index (χ2v) is 8.66. The van der Waals surface area contributed by atoms with E-state index in [9.17, 15) is 9.59 Å². The molecule has 0 unspecified atom stereocenters. The van der Waals surface area contributed by atoms with Crippen LogP contribution in [0.2, 0.25) is 0 Å². The first-order valence-electron chi connectivity index (χ1n) is 11.5. The molecule has 0 saturated carbocycles. The van der Waals surface area contributed by atoms with E-state index in [4.69, 9.17) is 5.73 Å². The normalized spacial score (nSPS) is 14.9. The van der Waals surface area contributed by atoms with Crippen molar-refractivity contribution in [2.24, 2.45) is 0 Å². The molecule has 2 amide bonds. The smallest absolute Gasteiger partial charge is 0.258 e. The van der Waals surface area contributed by atoms with Gasteiger partial charge in [0.25, 0.3) is 5.91 Å². The van der Waals surface area contributed by atoms with Crippen LogP contribution in [0.1, 0.15) is 60.1 Å². The zero-order chi connectivity index (χ0) is 24.1. The molecule has 1 fully saturated rings. The van der Waals surface area contributed by atoms with Gasteiger partial charge in [-0.1, -0.05) is 36.4 Å². The molecule has 0 aliphatic carbocycles. The molecule has 2 heterocycles. The van der Waals surface area contributed by atoms with Crippen molar-refractivity contribution in [1.29, 1.82) is 0 Å². The molecule has 3 aromatic rings. The van der Waals surface area contributed by atoms with E-state index >= 15 is 0 Å². The fourth-order valence-corrected chi connectivity index (χ4v) is 4.27. The molecule has 4 rings (SSSR count). The van der Waals surface area contributed by atoms with Crippen LogP contribution in [0.15, 0.2) is 60.9 Å². The lowest BCUT2D eigenvalue weighted by Crippen LogP contribution is -2.34. The van der Waals surface area contributed by atoms with Crippen LogP contribution in [0, 0.1) is 0 Å². The van der Waals surface area contributed by atoms with E-state index < -0.39 is 0 Å². The lowest BCUT2D eigenvalue weighted by Gasteiger charge is -2.32. The van der Waals surface area contributed by atoms with Crippen molar-refractivity contribution in [1.82, 2.24) is 15.3 Å². The van der Waals surface area contributed by atoms with Gasteiger partial charge in [0, 0.05) is 32.4 Å². The largest absolute Gasteiger partial charge is 0.397 e. The van der Waals surface area contributed by atoms with Crippen molar-refractivity contribution in [3.63, 3.8) is 0 Å².